The molecule has 0 aliphatic carbocycles. The van der Waals surface area contributed by atoms with Gasteiger partial charge in [0, 0.05) is 24.9 Å². The number of hydrogen-bond donors (Lipinski definition) is 1. The summed E-state index contributed by atoms with van der Waals surface area (Å²) in [5.74, 6) is 0.589. The molecule has 1 aliphatic heterocycles. The number of nitrogens with two attached hydrogens (primary N) is 1. The molecule has 1 unspecified atom stereocenters. The van der Waals surface area contributed by atoms with E-state index >= 15 is 0 Å². The Hall–Kier alpha value is -1.87. The molecule has 18 heavy (non-hydrogen) atoms. The minimum atomic E-state index is -0.0107. The number of anilines is 2. The first-order valence-electron chi connectivity index (χ1n) is 5.36. The molecular weight excluding hydrogens is 296 g/mol. The number of nitrogen functional groups attached to an aromatic ring is 1. The quantitative estimate of drug-likeness (QED) is 0.667. The van der Waals surface area contributed by atoms with Crippen LogP contribution in [0.4, 0.5) is 11.5 Å². The highest BCUT2D eigenvalue weighted by molar-refractivity contribution is 9.10. The van der Waals surface area contributed by atoms with Crippen molar-refractivity contribution in [3.63, 3.8) is 0 Å². The number of hydrogen-bond acceptors (Lipinski definition) is 4. The third-order valence-electron chi connectivity index (χ3n) is 2.87. The number of halogens is 1. The largest absolute Gasteiger partial charge is 0.397 e. The number of aromatic nitrogens is 1. The Kier molecular flexibility index (Phi) is 3.34. The van der Waals surface area contributed by atoms with Gasteiger partial charge in [-0.2, -0.15) is 5.26 Å². The van der Waals surface area contributed by atoms with Crippen molar-refractivity contribution in [3.8, 4) is 6.07 Å². The summed E-state index contributed by atoms with van der Waals surface area (Å²) in [5, 5.41) is 8.89. The summed E-state index contributed by atoms with van der Waals surface area (Å²) in [6.45, 7) is 4.24. The van der Waals surface area contributed by atoms with Crippen molar-refractivity contribution in [1.82, 2.24) is 4.98 Å². The Morgan fingerprint density at radius 2 is 2.44 bits per heavy atom. The predicted molar refractivity (Wildman–Crippen MR) is 71.7 cm³/mol. The van der Waals surface area contributed by atoms with Crippen LogP contribution in [-0.4, -0.2) is 17.4 Å². The van der Waals surface area contributed by atoms with Crippen LogP contribution >= 0.6 is 15.9 Å². The molecule has 1 aliphatic rings. The Balaban J connectivity index is 2.39. The highest BCUT2D eigenvalue weighted by atomic mass is 79.9. The average molecular weight is 307 g/mol. The van der Waals surface area contributed by atoms with Gasteiger partial charge < -0.3 is 5.73 Å². The predicted octanol–water partition coefficient (Wildman–Crippen LogP) is 1.84. The number of rotatable bonds is 2. The SMILES string of the molecule is C=CC1CC(=O)N(c2cc(N)c(C#N)c(Br)n2)C1. The van der Waals surface area contributed by atoms with Crippen LogP contribution in [0.5, 0.6) is 0 Å². The zero-order valence-electron chi connectivity index (χ0n) is 9.56. The van der Waals surface area contributed by atoms with Crippen molar-refractivity contribution in [1.29, 1.82) is 5.26 Å². The fourth-order valence-corrected chi connectivity index (χ4v) is 2.38. The van der Waals surface area contributed by atoms with Gasteiger partial charge >= 0.3 is 0 Å². The summed E-state index contributed by atoms with van der Waals surface area (Å²) in [6, 6.07) is 3.51. The average Bonchev–Trinajstić information content (AvgIpc) is 2.70. The maximum absolute atomic E-state index is 11.8. The van der Waals surface area contributed by atoms with Gasteiger partial charge in [-0.1, -0.05) is 6.08 Å². The van der Waals surface area contributed by atoms with Crippen molar-refractivity contribution < 1.29 is 4.79 Å². The van der Waals surface area contributed by atoms with E-state index in [-0.39, 0.29) is 17.4 Å². The minimum Gasteiger partial charge on any atom is -0.397 e. The molecule has 1 amide bonds. The first-order chi connectivity index (χ1) is 8.56. The third-order valence-corrected chi connectivity index (χ3v) is 3.44. The van der Waals surface area contributed by atoms with Crippen molar-refractivity contribution in [2.45, 2.75) is 6.42 Å². The fraction of sp³-hybridized carbons (Fsp3) is 0.250. The molecule has 0 radical (unpaired) electrons. The molecule has 1 atom stereocenters. The van der Waals surface area contributed by atoms with E-state index in [2.05, 4.69) is 27.5 Å². The second-order valence-electron chi connectivity index (χ2n) is 4.05. The Labute approximate surface area is 113 Å². The second-order valence-corrected chi connectivity index (χ2v) is 4.80. The first-order valence-corrected chi connectivity index (χ1v) is 6.15. The van der Waals surface area contributed by atoms with Gasteiger partial charge in [0.2, 0.25) is 5.91 Å². The van der Waals surface area contributed by atoms with Gasteiger partial charge in [0.1, 0.15) is 22.1 Å². The van der Waals surface area contributed by atoms with E-state index in [1.807, 2.05) is 6.07 Å². The summed E-state index contributed by atoms with van der Waals surface area (Å²) in [4.78, 5) is 17.6. The lowest BCUT2D eigenvalue weighted by atomic mass is 10.1. The molecule has 2 rings (SSSR count). The van der Waals surface area contributed by atoms with Gasteiger partial charge in [-0.3, -0.25) is 9.69 Å². The standard InChI is InChI=1S/C12H11BrN4O/c1-2-7-3-11(18)17(6-7)10-4-9(15)8(5-14)12(13)16-10/h2,4,7H,1,3,6H2,(H2,15,16). The maximum Gasteiger partial charge on any atom is 0.228 e. The summed E-state index contributed by atoms with van der Waals surface area (Å²) in [6.07, 6.45) is 2.20. The molecule has 1 aromatic heterocycles. The highest BCUT2D eigenvalue weighted by Crippen LogP contribution is 2.29. The van der Waals surface area contributed by atoms with Crippen molar-refractivity contribution >= 4 is 33.3 Å². The van der Waals surface area contributed by atoms with Crippen LogP contribution in [0, 0.1) is 17.2 Å². The molecule has 6 heteroatoms. The van der Waals surface area contributed by atoms with Crippen LogP contribution in [0.2, 0.25) is 0 Å². The number of pyridine rings is 1. The number of nitriles is 1. The molecule has 92 valence electrons. The highest BCUT2D eigenvalue weighted by Gasteiger charge is 2.30. The smallest absolute Gasteiger partial charge is 0.228 e. The molecule has 0 aromatic carbocycles. The van der Waals surface area contributed by atoms with Crippen molar-refractivity contribution in [2.24, 2.45) is 5.92 Å². The van der Waals surface area contributed by atoms with Gasteiger partial charge in [-0.15, -0.1) is 6.58 Å². The van der Waals surface area contributed by atoms with E-state index in [0.29, 0.717) is 29.1 Å². The van der Waals surface area contributed by atoms with Crippen LogP contribution in [0.3, 0.4) is 0 Å². The lowest BCUT2D eigenvalue weighted by Gasteiger charge is -2.16. The molecule has 1 aromatic rings. The summed E-state index contributed by atoms with van der Waals surface area (Å²) in [7, 11) is 0. The minimum absolute atomic E-state index is 0.0107. The number of nitrogens with zero attached hydrogens (tertiary/aromatic N) is 3. The Morgan fingerprint density at radius 1 is 1.72 bits per heavy atom. The number of carbonyl (C=O) groups excluding carboxylic acids is 1. The van der Waals surface area contributed by atoms with E-state index < -0.39 is 0 Å². The van der Waals surface area contributed by atoms with E-state index in [1.54, 1.807) is 17.0 Å². The van der Waals surface area contributed by atoms with Crippen LogP contribution in [0.15, 0.2) is 23.3 Å². The van der Waals surface area contributed by atoms with E-state index in [0.717, 1.165) is 0 Å². The lowest BCUT2D eigenvalue weighted by molar-refractivity contribution is -0.117. The zero-order chi connectivity index (χ0) is 13.3. The topological polar surface area (TPSA) is 83.0 Å². The number of amides is 1. The summed E-state index contributed by atoms with van der Waals surface area (Å²) >= 11 is 3.19. The fourth-order valence-electron chi connectivity index (χ4n) is 1.88. The van der Waals surface area contributed by atoms with E-state index in [1.165, 1.54) is 0 Å². The summed E-state index contributed by atoms with van der Waals surface area (Å²) < 4.78 is 0.356. The molecule has 1 saturated heterocycles. The summed E-state index contributed by atoms with van der Waals surface area (Å²) in [5.41, 5.74) is 6.35. The molecule has 2 N–H and O–H groups in total. The van der Waals surface area contributed by atoms with Gasteiger partial charge in [0.15, 0.2) is 0 Å². The van der Waals surface area contributed by atoms with Gasteiger partial charge in [-0.25, -0.2) is 4.98 Å². The second kappa shape index (κ2) is 4.78. The van der Waals surface area contributed by atoms with Crippen LogP contribution in [0.1, 0.15) is 12.0 Å². The Bertz CT molecular complexity index is 541. The van der Waals surface area contributed by atoms with Crippen LogP contribution in [-0.2, 0) is 4.79 Å². The Morgan fingerprint density at radius 3 is 2.94 bits per heavy atom. The lowest BCUT2D eigenvalue weighted by Crippen LogP contribution is -2.25. The van der Waals surface area contributed by atoms with Gasteiger partial charge in [-0.05, 0) is 15.9 Å². The van der Waals surface area contributed by atoms with Crippen LogP contribution in [0.25, 0.3) is 0 Å². The molecule has 0 saturated carbocycles. The van der Waals surface area contributed by atoms with Crippen molar-refractivity contribution in [2.75, 3.05) is 17.2 Å². The van der Waals surface area contributed by atoms with Gasteiger partial charge in [0.05, 0.1) is 5.69 Å². The molecular formula is C12H11BrN4O. The molecule has 0 spiro atoms. The first kappa shape index (κ1) is 12.6. The van der Waals surface area contributed by atoms with Crippen molar-refractivity contribution in [3.05, 3.63) is 28.9 Å². The van der Waals surface area contributed by atoms with Crippen LogP contribution < -0.4 is 10.6 Å². The van der Waals surface area contributed by atoms with Gasteiger partial charge in [0.25, 0.3) is 0 Å². The maximum atomic E-state index is 11.8. The normalized spacial score (nSPS) is 18.8. The molecule has 1 fully saturated rings. The molecule has 5 nitrogen and oxygen atoms in total. The van der Waals surface area contributed by atoms with E-state index in [4.69, 9.17) is 11.0 Å². The zero-order valence-corrected chi connectivity index (χ0v) is 11.1. The van der Waals surface area contributed by atoms with E-state index in [9.17, 15) is 4.79 Å². The monoisotopic (exact) mass is 306 g/mol. The third kappa shape index (κ3) is 2.09. The molecule has 2 heterocycles. The number of carbonyl (C=O) groups is 1. The molecule has 0 bridgehead atoms.